The fraction of sp³-hybridized carbons (Fsp3) is 0.136. The van der Waals surface area contributed by atoms with Gasteiger partial charge in [0.05, 0.1) is 22.6 Å². The zero-order chi connectivity index (χ0) is 21.8. The summed E-state index contributed by atoms with van der Waals surface area (Å²) in [6, 6.07) is 16.6. The van der Waals surface area contributed by atoms with Crippen LogP contribution in [-0.4, -0.2) is 27.4 Å². The number of alkyl halides is 3. The molecule has 0 radical (unpaired) electrons. The summed E-state index contributed by atoms with van der Waals surface area (Å²) in [5, 5.41) is 5.82. The Morgan fingerprint density at radius 2 is 1.84 bits per heavy atom. The van der Waals surface area contributed by atoms with Crippen molar-refractivity contribution < 1.29 is 18.0 Å². The van der Waals surface area contributed by atoms with Crippen molar-refractivity contribution in [2.75, 3.05) is 11.9 Å². The number of amides is 1. The van der Waals surface area contributed by atoms with Crippen molar-refractivity contribution >= 4 is 22.9 Å². The van der Waals surface area contributed by atoms with E-state index >= 15 is 0 Å². The number of rotatable bonds is 6. The number of hydrogen-bond donors (Lipinski definition) is 3. The van der Waals surface area contributed by atoms with Crippen LogP contribution in [0.1, 0.15) is 27.7 Å². The standard InChI is InChI=1S/C22H18F3N5O/c23-22(24,25)15-7-5-6-14(12-15)19(13-27-20(31)18-10-3-4-11-26-18)30-21-28-16-8-1-2-9-17(16)29-21/h1-12,19H,13H2,(H,27,31)(H2,28,29,30). The van der Waals surface area contributed by atoms with Crippen molar-refractivity contribution in [2.45, 2.75) is 12.2 Å². The first-order chi connectivity index (χ1) is 14.9. The summed E-state index contributed by atoms with van der Waals surface area (Å²) in [6.45, 7) is 0.0216. The van der Waals surface area contributed by atoms with Crippen LogP contribution in [-0.2, 0) is 6.18 Å². The van der Waals surface area contributed by atoms with E-state index in [0.717, 1.165) is 17.6 Å². The average molecular weight is 425 g/mol. The smallest absolute Gasteiger partial charge is 0.348 e. The van der Waals surface area contributed by atoms with Crippen LogP contribution in [0, 0.1) is 0 Å². The normalized spacial score (nSPS) is 12.5. The van der Waals surface area contributed by atoms with Crippen LogP contribution >= 0.6 is 0 Å². The van der Waals surface area contributed by atoms with Gasteiger partial charge in [-0.3, -0.25) is 9.78 Å². The Hall–Kier alpha value is -3.88. The number of fused-ring (bicyclic) bond motifs is 1. The van der Waals surface area contributed by atoms with Crippen LogP contribution in [0.15, 0.2) is 72.9 Å². The predicted molar refractivity (Wildman–Crippen MR) is 110 cm³/mol. The van der Waals surface area contributed by atoms with Crippen molar-refractivity contribution in [3.63, 3.8) is 0 Å². The van der Waals surface area contributed by atoms with Gasteiger partial charge in [0.1, 0.15) is 5.69 Å². The van der Waals surface area contributed by atoms with E-state index in [1.165, 1.54) is 12.3 Å². The molecule has 4 rings (SSSR count). The highest BCUT2D eigenvalue weighted by Crippen LogP contribution is 2.31. The van der Waals surface area contributed by atoms with E-state index in [-0.39, 0.29) is 12.2 Å². The summed E-state index contributed by atoms with van der Waals surface area (Å²) < 4.78 is 39.6. The highest BCUT2D eigenvalue weighted by atomic mass is 19.4. The molecule has 0 spiro atoms. The van der Waals surface area contributed by atoms with Crippen molar-refractivity contribution in [1.82, 2.24) is 20.3 Å². The molecule has 0 aliphatic carbocycles. The van der Waals surface area contributed by atoms with Gasteiger partial charge in [-0.1, -0.05) is 30.3 Å². The number of carbonyl (C=O) groups excluding carboxylic acids is 1. The van der Waals surface area contributed by atoms with Crippen molar-refractivity contribution in [2.24, 2.45) is 0 Å². The van der Waals surface area contributed by atoms with Crippen LogP contribution in [0.3, 0.4) is 0 Å². The Kier molecular flexibility index (Phi) is 5.57. The minimum atomic E-state index is -4.48. The van der Waals surface area contributed by atoms with E-state index in [4.69, 9.17) is 0 Å². The van der Waals surface area contributed by atoms with Crippen molar-refractivity contribution in [1.29, 1.82) is 0 Å². The molecule has 4 aromatic rings. The molecule has 31 heavy (non-hydrogen) atoms. The summed E-state index contributed by atoms with van der Waals surface area (Å²) in [5.74, 6) is -0.0420. The maximum atomic E-state index is 13.2. The second kappa shape index (κ2) is 8.47. The number of nitrogens with zero attached hydrogens (tertiary/aromatic N) is 2. The molecule has 2 aromatic carbocycles. The third kappa shape index (κ3) is 4.82. The number of carbonyl (C=O) groups is 1. The molecule has 0 saturated heterocycles. The van der Waals surface area contributed by atoms with Gasteiger partial charge in [-0.2, -0.15) is 13.2 Å². The Labute approximate surface area is 175 Å². The number of aromatic nitrogens is 3. The van der Waals surface area contributed by atoms with Gasteiger partial charge < -0.3 is 15.6 Å². The molecule has 6 nitrogen and oxygen atoms in total. The summed E-state index contributed by atoms with van der Waals surface area (Å²) in [4.78, 5) is 23.9. The molecule has 9 heteroatoms. The van der Waals surface area contributed by atoms with Gasteiger partial charge >= 0.3 is 6.18 Å². The largest absolute Gasteiger partial charge is 0.416 e. The number of anilines is 1. The van der Waals surface area contributed by atoms with Crippen LogP contribution in [0.25, 0.3) is 11.0 Å². The average Bonchev–Trinajstić information content (AvgIpc) is 3.19. The van der Waals surface area contributed by atoms with Gasteiger partial charge in [0, 0.05) is 12.7 Å². The monoisotopic (exact) mass is 425 g/mol. The summed E-state index contributed by atoms with van der Waals surface area (Å²) in [5.41, 5.74) is 1.30. The predicted octanol–water partition coefficient (Wildman–Crippen LogP) is 4.56. The zero-order valence-electron chi connectivity index (χ0n) is 16.1. The van der Waals surface area contributed by atoms with E-state index in [0.29, 0.717) is 17.0 Å². The Balaban J connectivity index is 1.60. The first-order valence-corrected chi connectivity index (χ1v) is 9.48. The molecule has 3 N–H and O–H groups in total. The minimum absolute atomic E-state index is 0.0216. The van der Waals surface area contributed by atoms with Crippen molar-refractivity contribution in [3.8, 4) is 0 Å². The van der Waals surface area contributed by atoms with Gasteiger partial charge in [0.15, 0.2) is 0 Å². The van der Waals surface area contributed by atoms with E-state index in [1.807, 2.05) is 24.3 Å². The lowest BCUT2D eigenvalue weighted by atomic mass is 10.0. The summed E-state index contributed by atoms with van der Waals surface area (Å²) >= 11 is 0. The Morgan fingerprint density at radius 1 is 1.03 bits per heavy atom. The SMILES string of the molecule is O=C(NCC(Nc1nc2ccccc2[nH]1)c1cccc(C(F)(F)F)c1)c1ccccn1. The van der Waals surface area contributed by atoms with Gasteiger partial charge in [-0.05, 0) is 42.0 Å². The first kappa shape index (κ1) is 20.4. The number of nitrogens with one attached hydrogen (secondary N) is 3. The molecule has 2 heterocycles. The Bertz CT molecular complexity index is 1160. The van der Waals surface area contributed by atoms with Gasteiger partial charge in [-0.15, -0.1) is 0 Å². The van der Waals surface area contributed by atoms with E-state index < -0.39 is 23.7 Å². The molecular formula is C22H18F3N5O. The molecule has 2 aromatic heterocycles. The molecule has 1 atom stereocenters. The second-order valence-corrected chi connectivity index (χ2v) is 6.85. The molecule has 0 aliphatic rings. The quantitative estimate of drug-likeness (QED) is 0.423. The van der Waals surface area contributed by atoms with Gasteiger partial charge in [0.25, 0.3) is 5.91 Å². The number of aromatic amines is 1. The lowest BCUT2D eigenvalue weighted by Crippen LogP contribution is -2.32. The number of H-pyrrole nitrogens is 1. The van der Waals surface area contributed by atoms with Crippen LogP contribution in [0.4, 0.5) is 19.1 Å². The van der Waals surface area contributed by atoms with E-state index in [9.17, 15) is 18.0 Å². The molecule has 0 fully saturated rings. The van der Waals surface area contributed by atoms with Crippen LogP contribution in [0.5, 0.6) is 0 Å². The highest BCUT2D eigenvalue weighted by Gasteiger charge is 2.31. The molecule has 1 unspecified atom stereocenters. The third-order valence-electron chi connectivity index (χ3n) is 4.68. The van der Waals surface area contributed by atoms with Crippen LogP contribution < -0.4 is 10.6 Å². The van der Waals surface area contributed by atoms with E-state index in [1.54, 1.807) is 24.3 Å². The second-order valence-electron chi connectivity index (χ2n) is 6.85. The molecule has 0 saturated carbocycles. The van der Waals surface area contributed by atoms with Crippen molar-refractivity contribution in [3.05, 3.63) is 89.7 Å². The first-order valence-electron chi connectivity index (χ1n) is 9.48. The highest BCUT2D eigenvalue weighted by molar-refractivity contribution is 5.92. The molecular weight excluding hydrogens is 407 g/mol. The molecule has 1 amide bonds. The van der Waals surface area contributed by atoms with E-state index in [2.05, 4.69) is 25.6 Å². The minimum Gasteiger partial charge on any atom is -0.348 e. The van der Waals surface area contributed by atoms with Crippen LogP contribution in [0.2, 0.25) is 0 Å². The maximum Gasteiger partial charge on any atom is 0.416 e. The number of benzene rings is 2. The number of hydrogen-bond acceptors (Lipinski definition) is 4. The number of imidazole rings is 1. The number of halogens is 3. The lowest BCUT2D eigenvalue weighted by molar-refractivity contribution is -0.137. The summed E-state index contributed by atoms with van der Waals surface area (Å²) in [7, 11) is 0. The number of para-hydroxylation sites is 2. The molecule has 0 aliphatic heterocycles. The fourth-order valence-corrected chi connectivity index (χ4v) is 3.15. The fourth-order valence-electron chi connectivity index (χ4n) is 3.15. The summed E-state index contributed by atoms with van der Waals surface area (Å²) in [6.07, 6.45) is -2.98. The lowest BCUT2D eigenvalue weighted by Gasteiger charge is -2.20. The Morgan fingerprint density at radius 3 is 2.58 bits per heavy atom. The number of pyridine rings is 1. The van der Waals surface area contributed by atoms with Gasteiger partial charge in [-0.25, -0.2) is 4.98 Å². The van der Waals surface area contributed by atoms with Gasteiger partial charge in [0.2, 0.25) is 5.95 Å². The maximum absolute atomic E-state index is 13.2. The molecule has 0 bridgehead atoms. The topological polar surface area (TPSA) is 82.7 Å². The zero-order valence-corrected chi connectivity index (χ0v) is 16.1. The molecule has 158 valence electrons. The third-order valence-corrected chi connectivity index (χ3v) is 4.68.